The Morgan fingerprint density at radius 1 is 1.22 bits per heavy atom. The summed E-state index contributed by atoms with van der Waals surface area (Å²) in [6.45, 7) is 0.721. The lowest BCUT2D eigenvalue weighted by Gasteiger charge is -2.31. The van der Waals surface area contributed by atoms with Crippen LogP contribution < -0.4 is 5.32 Å². The van der Waals surface area contributed by atoms with Gasteiger partial charge in [-0.05, 0) is 36.5 Å². The number of aromatic hydroxyl groups is 1. The maximum Gasteiger partial charge on any atom is 0.127 e. The Kier molecular flexibility index (Phi) is 4.55. The molecule has 1 fully saturated rings. The lowest BCUT2D eigenvalue weighted by atomic mass is 9.85. The number of nitrogens with one attached hydrogen (secondary N) is 1. The van der Waals surface area contributed by atoms with Crippen LogP contribution in [0.2, 0.25) is 0 Å². The number of phenols is 1. The first-order valence-electron chi connectivity index (χ1n) is 6.51. The predicted octanol–water partition coefficient (Wildman–Crippen LogP) is 2.17. The van der Waals surface area contributed by atoms with Crippen LogP contribution in [0, 0.1) is 11.7 Å². The number of aliphatic hydroxyl groups is 1. The Balaban J connectivity index is 1.93. The molecule has 3 N–H and O–H groups in total. The first-order valence-corrected chi connectivity index (χ1v) is 6.51. The lowest BCUT2D eigenvalue weighted by molar-refractivity contribution is 0.152. The van der Waals surface area contributed by atoms with E-state index in [-0.39, 0.29) is 18.4 Å². The van der Waals surface area contributed by atoms with Gasteiger partial charge in [0.2, 0.25) is 0 Å². The first-order chi connectivity index (χ1) is 8.69. The maximum atomic E-state index is 13.1. The molecule has 1 aliphatic carbocycles. The van der Waals surface area contributed by atoms with Crippen LogP contribution in [-0.4, -0.2) is 22.9 Å². The number of hydrogen-bond donors (Lipinski definition) is 3. The molecule has 2 atom stereocenters. The van der Waals surface area contributed by atoms with Crippen LogP contribution in [-0.2, 0) is 6.54 Å². The smallest absolute Gasteiger partial charge is 0.127 e. The van der Waals surface area contributed by atoms with Gasteiger partial charge in [-0.2, -0.15) is 0 Å². The van der Waals surface area contributed by atoms with Gasteiger partial charge in [-0.3, -0.25) is 0 Å². The number of halogens is 1. The number of phenolic OH excluding ortho intramolecular Hbond substituents is 1. The topological polar surface area (TPSA) is 52.5 Å². The summed E-state index contributed by atoms with van der Waals surface area (Å²) in [5.74, 6) is -0.177. The summed E-state index contributed by atoms with van der Waals surface area (Å²) in [6, 6.07) is 4.37. The van der Waals surface area contributed by atoms with Gasteiger partial charge >= 0.3 is 0 Å². The highest BCUT2D eigenvalue weighted by Gasteiger charge is 2.23. The van der Waals surface area contributed by atoms with E-state index in [1.165, 1.54) is 18.9 Å². The molecular weight excluding hydrogens is 233 g/mol. The van der Waals surface area contributed by atoms with E-state index >= 15 is 0 Å². The molecule has 4 heteroatoms. The molecule has 2 rings (SSSR count). The highest BCUT2D eigenvalue weighted by Crippen LogP contribution is 2.24. The van der Waals surface area contributed by atoms with Crippen molar-refractivity contribution in [3.05, 3.63) is 29.6 Å². The number of rotatable bonds is 4. The molecule has 0 spiro atoms. The second-order valence-corrected chi connectivity index (χ2v) is 5.03. The summed E-state index contributed by atoms with van der Waals surface area (Å²) in [6.07, 6.45) is 4.43. The zero-order valence-corrected chi connectivity index (χ0v) is 10.4. The van der Waals surface area contributed by atoms with Crippen LogP contribution in [0.15, 0.2) is 18.2 Å². The average Bonchev–Trinajstić information content (AvgIpc) is 2.35. The maximum absolute atomic E-state index is 13.1. The van der Waals surface area contributed by atoms with E-state index < -0.39 is 5.82 Å². The van der Waals surface area contributed by atoms with Gasteiger partial charge in [0.1, 0.15) is 11.6 Å². The average molecular weight is 253 g/mol. The van der Waals surface area contributed by atoms with Crippen LogP contribution in [0.1, 0.15) is 31.2 Å². The summed E-state index contributed by atoms with van der Waals surface area (Å²) in [7, 11) is 0. The Bertz CT molecular complexity index is 377. The fourth-order valence-corrected chi connectivity index (χ4v) is 2.68. The van der Waals surface area contributed by atoms with Crippen LogP contribution >= 0.6 is 0 Å². The first kappa shape index (κ1) is 13.3. The molecule has 1 saturated carbocycles. The van der Waals surface area contributed by atoms with Gasteiger partial charge in [-0.1, -0.05) is 12.8 Å². The third-order valence-corrected chi connectivity index (χ3v) is 3.65. The molecule has 0 saturated heterocycles. The van der Waals surface area contributed by atoms with Crippen molar-refractivity contribution in [2.24, 2.45) is 5.92 Å². The molecule has 0 radical (unpaired) electrons. The van der Waals surface area contributed by atoms with Gasteiger partial charge in [0, 0.05) is 25.3 Å². The largest absolute Gasteiger partial charge is 0.508 e. The number of aliphatic hydroxyl groups excluding tert-OH is 1. The number of benzene rings is 1. The second kappa shape index (κ2) is 6.16. The van der Waals surface area contributed by atoms with Gasteiger partial charge in [0.15, 0.2) is 0 Å². The summed E-state index contributed by atoms with van der Waals surface area (Å²) < 4.78 is 13.1. The van der Waals surface area contributed by atoms with Crippen molar-refractivity contribution in [2.45, 2.75) is 38.3 Å². The van der Waals surface area contributed by atoms with E-state index in [1.54, 1.807) is 6.07 Å². The van der Waals surface area contributed by atoms with E-state index in [9.17, 15) is 14.6 Å². The molecule has 0 aliphatic heterocycles. The predicted molar refractivity (Wildman–Crippen MR) is 67.7 cm³/mol. The molecule has 100 valence electrons. The molecule has 1 aliphatic rings. The van der Waals surface area contributed by atoms with Crippen LogP contribution in [0.5, 0.6) is 5.75 Å². The van der Waals surface area contributed by atoms with E-state index in [0.717, 1.165) is 24.5 Å². The standard InChI is InChI=1S/C14H20FNO2/c15-12-5-10(6-13(18)7-12)8-16-14-4-2-1-3-11(14)9-17/h5-7,11,14,16-18H,1-4,8-9H2. The van der Waals surface area contributed by atoms with Gasteiger partial charge in [0.25, 0.3) is 0 Å². The fraction of sp³-hybridized carbons (Fsp3) is 0.571. The SMILES string of the molecule is OCC1CCCCC1NCc1cc(O)cc(F)c1. The van der Waals surface area contributed by atoms with Gasteiger partial charge in [-0.25, -0.2) is 4.39 Å². The third kappa shape index (κ3) is 3.43. The minimum absolute atomic E-state index is 0.0471. The molecule has 3 nitrogen and oxygen atoms in total. The Hall–Kier alpha value is -1.13. The van der Waals surface area contributed by atoms with Crippen molar-refractivity contribution in [1.29, 1.82) is 0 Å². The monoisotopic (exact) mass is 253 g/mol. The molecule has 0 aromatic heterocycles. The molecule has 1 aromatic rings. The zero-order valence-electron chi connectivity index (χ0n) is 10.4. The van der Waals surface area contributed by atoms with E-state index in [4.69, 9.17) is 0 Å². The van der Waals surface area contributed by atoms with Crippen molar-refractivity contribution in [3.63, 3.8) is 0 Å². The molecule has 0 heterocycles. The van der Waals surface area contributed by atoms with Crippen molar-refractivity contribution >= 4 is 0 Å². The Morgan fingerprint density at radius 2 is 2.00 bits per heavy atom. The third-order valence-electron chi connectivity index (χ3n) is 3.65. The molecule has 0 amide bonds. The molecule has 18 heavy (non-hydrogen) atoms. The van der Waals surface area contributed by atoms with Crippen LogP contribution in [0.3, 0.4) is 0 Å². The van der Waals surface area contributed by atoms with E-state index in [2.05, 4.69) is 5.32 Å². The second-order valence-electron chi connectivity index (χ2n) is 5.03. The van der Waals surface area contributed by atoms with E-state index in [0.29, 0.717) is 12.5 Å². The molecule has 1 aromatic carbocycles. The van der Waals surface area contributed by atoms with Crippen molar-refractivity contribution in [2.75, 3.05) is 6.61 Å². The summed E-state index contributed by atoms with van der Waals surface area (Å²) >= 11 is 0. The molecule has 2 unspecified atom stereocenters. The van der Waals surface area contributed by atoms with Crippen molar-refractivity contribution in [1.82, 2.24) is 5.32 Å². The molecular formula is C14H20FNO2. The van der Waals surface area contributed by atoms with Crippen LogP contribution in [0.25, 0.3) is 0 Å². The summed E-state index contributed by atoms with van der Waals surface area (Å²) in [5, 5.41) is 22.0. The van der Waals surface area contributed by atoms with Crippen molar-refractivity contribution < 1.29 is 14.6 Å². The minimum atomic E-state index is -0.422. The lowest BCUT2D eigenvalue weighted by Crippen LogP contribution is -2.39. The van der Waals surface area contributed by atoms with Crippen LogP contribution in [0.4, 0.5) is 4.39 Å². The minimum Gasteiger partial charge on any atom is -0.508 e. The zero-order chi connectivity index (χ0) is 13.0. The highest BCUT2D eigenvalue weighted by atomic mass is 19.1. The summed E-state index contributed by atoms with van der Waals surface area (Å²) in [4.78, 5) is 0. The van der Waals surface area contributed by atoms with Crippen molar-refractivity contribution in [3.8, 4) is 5.75 Å². The highest BCUT2D eigenvalue weighted by molar-refractivity contribution is 5.28. The van der Waals surface area contributed by atoms with Gasteiger partial charge in [-0.15, -0.1) is 0 Å². The van der Waals surface area contributed by atoms with Gasteiger partial charge in [0.05, 0.1) is 0 Å². The Labute approximate surface area is 107 Å². The Morgan fingerprint density at radius 3 is 2.72 bits per heavy atom. The fourth-order valence-electron chi connectivity index (χ4n) is 2.68. The summed E-state index contributed by atoms with van der Waals surface area (Å²) in [5.41, 5.74) is 0.731. The number of hydrogen-bond acceptors (Lipinski definition) is 3. The molecule has 0 bridgehead atoms. The van der Waals surface area contributed by atoms with Gasteiger partial charge < -0.3 is 15.5 Å². The normalized spacial score (nSPS) is 24.1. The van der Waals surface area contributed by atoms with E-state index in [1.807, 2.05) is 0 Å². The quantitative estimate of drug-likeness (QED) is 0.771.